The van der Waals surface area contributed by atoms with Crippen LogP contribution in [0.15, 0.2) is 72.8 Å². The molecule has 2 atom stereocenters. The topological polar surface area (TPSA) is 30.3 Å². The van der Waals surface area contributed by atoms with Crippen LogP contribution >= 0.6 is 23.2 Å². The predicted octanol–water partition coefficient (Wildman–Crippen LogP) is 6.32. The van der Waals surface area contributed by atoms with Crippen molar-refractivity contribution in [3.63, 3.8) is 0 Å². The zero-order valence-corrected chi connectivity index (χ0v) is 18.3. The molecular formula is C25H23Cl2N3. The minimum atomic E-state index is 0.207. The second-order valence-electron chi connectivity index (χ2n) is 7.78. The van der Waals surface area contributed by atoms with Gasteiger partial charge < -0.3 is 4.90 Å². The van der Waals surface area contributed by atoms with Gasteiger partial charge in [0, 0.05) is 41.4 Å². The van der Waals surface area contributed by atoms with Gasteiger partial charge in [0.2, 0.25) is 0 Å². The molecule has 0 radical (unpaired) electrons. The van der Waals surface area contributed by atoms with Gasteiger partial charge in [-0.1, -0.05) is 47.5 Å². The summed E-state index contributed by atoms with van der Waals surface area (Å²) in [5.41, 5.74) is 4.32. The third-order valence-electron chi connectivity index (χ3n) is 5.75. The number of hydrogen-bond acceptors (Lipinski definition) is 3. The molecule has 0 N–H and O–H groups in total. The molecule has 3 aromatic carbocycles. The maximum absolute atomic E-state index is 9.04. The maximum Gasteiger partial charge on any atom is 0.0991 e. The normalized spacial score (nSPS) is 19.5. The van der Waals surface area contributed by atoms with Crippen LogP contribution in [0.2, 0.25) is 10.0 Å². The van der Waals surface area contributed by atoms with E-state index in [1.807, 2.05) is 48.5 Å². The Labute approximate surface area is 188 Å². The molecule has 152 valence electrons. The summed E-state index contributed by atoms with van der Waals surface area (Å²) >= 11 is 12.3. The number of anilines is 1. The molecule has 0 saturated carbocycles. The van der Waals surface area contributed by atoms with Gasteiger partial charge in [0.1, 0.15) is 0 Å². The highest BCUT2D eigenvalue weighted by Crippen LogP contribution is 2.34. The van der Waals surface area contributed by atoms with Gasteiger partial charge in [0.25, 0.3) is 0 Å². The van der Waals surface area contributed by atoms with Gasteiger partial charge in [-0.05, 0) is 66.6 Å². The molecule has 1 heterocycles. The molecule has 30 heavy (non-hydrogen) atoms. The highest BCUT2D eigenvalue weighted by Gasteiger charge is 2.32. The fourth-order valence-corrected chi connectivity index (χ4v) is 4.31. The molecule has 0 spiro atoms. The Morgan fingerprint density at radius 2 is 1.47 bits per heavy atom. The Balaban J connectivity index is 1.62. The maximum atomic E-state index is 9.04. The van der Waals surface area contributed by atoms with Crippen molar-refractivity contribution in [2.45, 2.75) is 25.6 Å². The van der Waals surface area contributed by atoms with Crippen LogP contribution in [-0.4, -0.2) is 24.0 Å². The second kappa shape index (κ2) is 9.10. The van der Waals surface area contributed by atoms with Crippen molar-refractivity contribution in [3.05, 3.63) is 99.5 Å². The Bertz CT molecular complexity index is 1020. The fraction of sp³-hybridized carbons (Fsp3) is 0.240. The van der Waals surface area contributed by atoms with Crippen LogP contribution in [-0.2, 0) is 6.54 Å². The van der Waals surface area contributed by atoms with Gasteiger partial charge in [-0.2, -0.15) is 5.26 Å². The first kappa shape index (κ1) is 20.8. The van der Waals surface area contributed by atoms with E-state index in [1.54, 1.807) is 0 Å². The predicted molar refractivity (Wildman–Crippen MR) is 124 cm³/mol. The summed E-state index contributed by atoms with van der Waals surface area (Å²) in [6.45, 7) is 4.92. The molecule has 0 aromatic heterocycles. The molecule has 1 saturated heterocycles. The summed E-state index contributed by atoms with van der Waals surface area (Å²) in [5.74, 6) is 0. The molecule has 0 bridgehead atoms. The van der Waals surface area contributed by atoms with E-state index in [1.165, 1.54) is 16.8 Å². The number of nitriles is 1. The lowest BCUT2D eigenvalue weighted by atomic mass is 9.98. The van der Waals surface area contributed by atoms with Gasteiger partial charge >= 0.3 is 0 Å². The van der Waals surface area contributed by atoms with Crippen molar-refractivity contribution in [3.8, 4) is 6.07 Å². The van der Waals surface area contributed by atoms with E-state index in [0.717, 1.165) is 29.7 Å². The quantitative estimate of drug-likeness (QED) is 0.480. The van der Waals surface area contributed by atoms with Gasteiger partial charge in [0.05, 0.1) is 17.7 Å². The number of nitrogens with zero attached hydrogens (tertiary/aromatic N) is 3. The van der Waals surface area contributed by atoms with Crippen LogP contribution in [0.1, 0.15) is 29.7 Å². The lowest BCUT2D eigenvalue weighted by Gasteiger charge is -2.47. The van der Waals surface area contributed by atoms with Gasteiger partial charge in [-0.15, -0.1) is 0 Å². The number of rotatable bonds is 4. The molecule has 1 fully saturated rings. The van der Waals surface area contributed by atoms with E-state index >= 15 is 0 Å². The van der Waals surface area contributed by atoms with Crippen molar-refractivity contribution < 1.29 is 0 Å². The monoisotopic (exact) mass is 435 g/mol. The van der Waals surface area contributed by atoms with Crippen LogP contribution < -0.4 is 4.90 Å². The van der Waals surface area contributed by atoms with E-state index in [0.29, 0.717) is 11.6 Å². The van der Waals surface area contributed by atoms with Gasteiger partial charge in [0.15, 0.2) is 0 Å². The second-order valence-corrected chi connectivity index (χ2v) is 8.66. The van der Waals surface area contributed by atoms with Crippen LogP contribution in [0.3, 0.4) is 0 Å². The van der Waals surface area contributed by atoms with Gasteiger partial charge in [-0.3, -0.25) is 4.90 Å². The zero-order valence-electron chi connectivity index (χ0n) is 16.8. The van der Waals surface area contributed by atoms with Crippen molar-refractivity contribution >= 4 is 28.9 Å². The van der Waals surface area contributed by atoms with E-state index in [2.05, 4.69) is 47.1 Å². The fourth-order valence-electron chi connectivity index (χ4n) is 4.06. The zero-order chi connectivity index (χ0) is 21.1. The van der Waals surface area contributed by atoms with Gasteiger partial charge in [-0.25, -0.2) is 0 Å². The summed E-state index contributed by atoms with van der Waals surface area (Å²) in [6.07, 6.45) is 0. The third kappa shape index (κ3) is 4.63. The molecular weight excluding hydrogens is 413 g/mol. The molecule has 1 aliphatic rings. The van der Waals surface area contributed by atoms with Crippen LogP contribution in [0.25, 0.3) is 0 Å². The average molecular weight is 436 g/mol. The average Bonchev–Trinajstić information content (AvgIpc) is 2.77. The first-order valence-electron chi connectivity index (χ1n) is 10.0. The van der Waals surface area contributed by atoms with E-state index in [-0.39, 0.29) is 6.04 Å². The molecule has 3 nitrogen and oxygen atoms in total. The molecule has 2 unspecified atom stereocenters. The standard InChI is InChI=1S/C25H23Cl2N3/c1-18-15-30(24-12-10-23(27)11-13-24)25(21-6-8-22(26)9-7-21)17-29(18)16-20-4-2-19(14-28)3-5-20/h2-13,18,25H,15-17H2,1H3. The number of piperazine rings is 1. The molecule has 1 aliphatic heterocycles. The smallest absolute Gasteiger partial charge is 0.0991 e. The van der Waals surface area contributed by atoms with Crippen molar-refractivity contribution in [1.82, 2.24) is 4.90 Å². The molecule has 0 amide bonds. The first-order valence-corrected chi connectivity index (χ1v) is 10.8. The van der Waals surface area contributed by atoms with E-state index < -0.39 is 0 Å². The van der Waals surface area contributed by atoms with Crippen LogP contribution in [0, 0.1) is 11.3 Å². The van der Waals surface area contributed by atoms with Crippen molar-refractivity contribution in [2.75, 3.05) is 18.0 Å². The summed E-state index contributed by atoms with van der Waals surface area (Å²) < 4.78 is 0. The largest absolute Gasteiger partial charge is 0.362 e. The Morgan fingerprint density at radius 1 is 0.867 bits per heavy atom. The Morgan fingerprint density at radius 3 is 2.07 bits per heavy atom. The molecule has 0 aliphatic carbocycles. The molecule has 5 heteroatoms. The minimum absolute atomic E-state index is 0.207. The molecule has 4 rings (SSSR count). The van der Waals surface area contributed by atoms with Crippen LogP contribution in [0.4, 0.5) is 5.69 Å². The van der Waals surface area contributed by atoms with E-state index in [4.69, 9.17) is 28.5 Å². The number of benzene rings is 3. The molecule has 3 aromatic rings. The lowest BCUT2D eigenvalue weighted by Crippen LogP contribution is -2.53. The Hall–Kier alpha value is -2.51. The minimum Gasteiger partial charge on any atom is -0.362 e. The summed E-state index contributed by atoms with van der Waals surface area (Å²) in [4.78, 5) is 4.96. The Kier molecular flexibility index (Phi) is 6.29. The summed E-state index contributed by atoms with van der Waals surface area (Å²) in [7, 11) is 0. The highest BCUT2D eigenvalue weighted by atomic mass is 35.5. The van der Waals surface area contributed by atoms with E-state index in [9.17, 15) is 0 Å². The number of halogens is 2. The van der Waals surface area contributed by atoms with Crippen molar-refractivity contribution in [1.29, 1.82) is 5.26 Å². The highest BCUT2D eigenvalue weighted by molar-refractivity contribution is 6.30. The summed E-state index contributed by atoms with van der Waals surface area (Å²) in [5, 5.41) is 10.5. The third-order valence-corrected chi connectivity index (χ3v) is 6.25. The van der Waals surface area contributed by atoms with Crippen LogP contribution in [0.5, 0.6) is 0 Å². The number of hydrogen-bond donors (Lipinski definition) is 0. The first-order chi connectivity index (χ1) is 14.5. The SMILES string of the molecule is CC1CN(c2ccc(Cl)cc2)C(c2ccc(Cl)cc2)CN1Cc1ccc(C#N)cc1. The summed E-state index contributed by atoms with van der Waals surface area (Å²) in [6, 6.07) is 26.9. The lowest BCUT2D eigenvalue weighted by molar-refractivity contribution is 0.153. The van der Waals surface area contributed by atoms with Crippen molar-refractivity contribution in [2.24, 2.45) is 0 Å².